The maximum Gasteiger partial charge on any atom is 0.337 e. The summed E-state index contributed by atoms with van der Waals surface area (Å²) in [5, 5.41) is 13.4. The minimum atomic E-state index is -1.12. The van der Waals surface area contributed by atoms with Crippen LogP contribution in [-0.4, -0.2) is 32.7 Å². The summed E-state index contributed by atoms with van der Waals surface area (Å²) >= 11 is 0. The number of nitrogen functional groups attached to an aromatic ring is 1. The van der Waals surface area contributed by atoms with Crippen molar-refractivity contribution in [1.82, 2.24) is 14.5 Å². The summed E-state index contributed by atoms with van der Waals surface area (Å²) in [6.45, 7) is 0. The fourth-order valence-electron chi connectivity index (χ4n) is 3.28. The van der Waals surface area contributed by atoms with E-state index in [0.29, 0.717) is 17.4 Å². The van der Waals surface area contributed by atoms with E-state index in [-0.39, 0.29) is 11.3 Å². The lowest BCUT2D eigenvalue weighted by Gasteiger charge is -2.13. The number of carboxylic acids is 1. The van der Waals surface area contributed by atoms with Crippen molar-refractivity contribution >= 4 is 34.2 Å². The SMILES string of the molecule is COc1cc(C(=O)O)c(N)cc1Nc1nccc(-c2cn(C)c3ccccc23)n1. The number of aromatic nitrogens is 3. The maximum atomic E-state index is 11.3. The standard InChI is InChI=1S/C21H19N5O3/c1-26-11-14(12-5-3-4-6-18(12)26)16-7-8-23-21(24-16)25-17-10-15(22)13(20(27)28)9-19(17)29-2/h3-11H,22H2,1-2H3,(H,27,28)(H,23,24,25). The zero-order chi connectivity index (χ0) is 20.5. The molecule has 4 aromatic rings. The van der Waals surface area contributed by atoms with Crippen LogP contribution in [0.3, 0.4) is 0 Å². The number of rotatable bonds is 5. The molecule has 0 amide bonds. The summed E-state index contributed by atoms with van der Waals surface area (Å²) in [5.41, 5.74) is 9.28. The Morgan fingerprint density at radius 1 is 1.24 bits per heavy atom. The van der Waals surface area contributed by atoms with Gasteiger partial charge in [0.15, 0.2) is 0 Å². The molecule has 0 unspecified atom stereocenters. The third-order valence-corrected chi connectivity index (χ3v) is 4.68. The first-order valence-electron chi connectivity index (χ1n) is 8.83. The van der Waals surface area contributed by atoms with E-state index < -0.39 is 5.97 Å². The molecule has 0 atom stereocenters. The van der Waals surface area contributed by atoms with Crippen LogP contribution in [0.2, 0.25) is 0 Å². The van der Waals surface area contributed by atoms with E-state index >= 15 is 0 Å². The average molecular weight is 389 g/mol. The van der Waals surface area contributed by atoms with Gasteiger partial charge in [0.05, 0.1) is 24.1 Å². The Kier molecular flexibility index (Phi) is 4.52. The van der Waals surface area contributed by atoms with Crippen molar-refractivity contribution in [2.24, 2.45) is 7.05 Å². The first-order valence-corrected chi connectivity index (χ1v) is 8.83. The van der Waals surface area contributed by atoms with Crippen molar-refractivity contribution in [1.29, 1.82) is 0 Å². The van der Waals surface area contributed by atoms with Gasteiger partial charge in [0.1, 0.15) is 5.75 Å². The Morgan fingerprint density at radius 2 is 2.03 bits per heavy atom. The third-order valence-electron chi connectivity index (χ3n) is 4.68. The molecule has 4 N–H and O–H groups in total. The van der Waals surface area contributed by atoms with Crippen molar-refractivity contribution in [2.45, 2.75) is 0 Å². The van der Waals surface area contributed by atoms with Gasteiger partial charge in [-0.3, -0.25) is 0 Å². The number of carbonyl (C=O) groups is 1. The molecule has 0 radical (unpaired) electrons. The second kappa shape index (κ2) is 7.16. The molecule has 0 aliphatic rings. The van der Waals surface area contributed by atoms with Gasteiger partial charge in [0, 0.05) is 41.6 Å². The molecule has 2 aromatic heterocycles. The van der Waals surface area contributed by atoms with Crippen LogP contribution < -0.4 is 15.8 Å². The van der Waals surface area contributed by atoms with Gasteiger partial charge in [-0.15, -0.1) is 0 Å². The number of nitrogens with zero attached hydrogens (tertiary/aromatic N) is 3. The van der Waals surface area contributed by atoms with Crippen LogP contribution in [0, 0.1) is 0 Å². The maximum absolute atomic E-state index is 11.3. The van der Waals surface area contributed by atoms with E-state index in [9.17, 15) is 9.90 Å². The fourth-order valence-corrected chi connectivity index (χ4v) is 3.28. The molecule has 0 spiro atoms. The van der Waals surface area contributed by atoms with E-state index in [1.807, 2.05) is 42.1 Å². The highest BCUT2D eigenvalue weighted by atomic mass is 16.5. The molecule has 0 aliphatic carbocycles. The second-order valence-electron chi connectivity index (χ2n) is 6.51. The minimum Gasteiger partial charge on any atom is -0.495 e. The topological polar surface area (TPSA) is 115 Å². The second-order valence-corrected chi connectivity index (χ2v) is 6.51. The number of methoxy groups -OCH3 is 1. The van der Waals surface area contributed by atoms with Crippen molar-refractivity contribution in [3.63, 3.8) is 0 Å². The molecule has 0 saturated carbocycles. The van der Waals surface area contributed by atoms with E-state index in [2.05, 4.69) is 21.4 Å². The lowest BCUT2D eigenvalue weighted by atomic mass is 10.1. The third kappa shape index (κ3) is 3.31. The van der Waals surface area contributed by atoms with Crippen LogP contribution in [0.5, 0.6) is 5.75 Å². The molecule has 0 aliphatic heterocycles. The molecule has 0 saturated heterocycles. The first-order chi connectivity index (χ1) is 14.0. The molecule has 8 nitrogen and oxygen atoms in total. The first kappa shape index (κ1) is 18.3. The Balaban J connectivity index is 1.73. The predicted octanol–water partition coefficient (Wildman–Crippen LogP) is 3.67. The fraction of sp³-hybridized carbons (Fsp3) is 0.0952. The Hall–Kier alpha value is -4.07. The van der Waals surface area contributed by atoms with Crippen molar-refractivity contribution in [2.75, 3.05) is 18.2 Å². The van der Waals surface area contributed by atoms with Crippen molar-refractivity contribution in [3.8, 4) is 17.0 Å². The highest BCUT2D eigenvalue weighted by molar-refractivity contribution is 5.96. The number of aryl methyl sites for hydroxylation is 1. The highest BCUT2D eigenvalue weighted by Gasteiger charge is 2.15. The Bertz CT molecular complexity index is 1230. The molecular weight excluding hydrogens is 370 g/mol. The van der Waals surface area contributed by atoms with Crippen LogP contribution in [0.4, 0.5) is 17.3 Å². The molecule has 2 heterocycles. The molecule has 29 heavy (non-hydrogen) atoms. The van der Waals surface area contributed by atoms with E-state index in [4.69, 9.17) is 10.5 Å². The number of hydrogen-bond acceptors (Lipinski definition) is 6. The number of benzene rings is 2. The van der Waals surface area contributed by atoms with Crippen LogP contribution in [-0.2, 0) is 7.05 Å². The van der Waals surface area contributed by atoms with E-state index in [0.717, 1.165) is 22.2 Å². The van der Waals surface area contributed by atoms with Gasteiger partial charge in [0.2, 0.25) is 5.95 Å². The Labute approximate surface area is 166 Å². The van der Waals surface area contributed by atoms with Gasteiger partial charge in [-0.1, -0.05) is 18.2 Å². The Morgan fingerprint density at radius 3 is 2.79 bits per heavy atom. The lowest BCUT2D eigenvalue weighted by Crippen LogP contribution is -2.06. The zero-order valence-electron chi connectivity index (χ0n) is 15.9. The minimum absolute atomic E-state index is 0.0298. The molecule has 146 valence electrons. The normalized spacial score (nSPS) is 10.8. The summed E-state index contributed by atoms with van der Waals surface area (Å²) in [4.78, 5) is 20.2. The van der Waals surface area contributed by atoms with Gasteiger partial charge >= 0.3 is 5.97 Å². The number of para-hydroxylation sites is 1. The largest absolute Gasteiger partial charge is 0.495 e. The molecule has 8 heteroatoms. The van der Waals surface area contributed by atoms with Crippen LogP contribution in [0.25, 0.3) is 22.2 Å². The van der Waals surface area contributed by atoms with Gasteiger partial charge in [-0.05, 0) is 24.3 Å². The zero-order valence-corrected chi connectivity index (χ0v) is 15.9. The molecule has 0 fully saturated rings. The lowest BCUT2D eigenvalue weighted by molar-refractivity contribution is 0.0697. The van der Waals surface area contributed by atoms with Gasteiger partial charge in [-0.2, -0.15) is 0 Å². The van der Waals surface area contributed by atoms with Gasteiger partial charge in [-0.25, -0.2) is 14.8 Å². The molecular formula is C21H19N5O3. The number of nitrogens with two attached hydrogens (primary N) is 1. The average Bonchev–Trinajstić information content (AvgIpc) is 3.05. The van der Waals surface area contributed by atoms with Gasteiger partial charge in [0.25, 0.3) is 0 Å². The summed E-state index contributed by atoms with van der Waals surface area (Å²) in [6.07, 6.45) is 3.69. The number of hydrogen-bond donors (Lipinski definition) is 3. The quantitative estimate of drug-likeness (QED) is 0.446. The van der Waals surface area contributed by atoms with Gasteiger partial charge < -0.3 is 25.5 Å². The summed E-state index contributed by atoms with van der Waals surface area (Å²) < 4.78 is 7.35. The van der Waals surface area contributed by atoms with Crippen molar-refractivity contribution < 1.29 is 14.6 Å². The van der Waals surface area contributed by atoms with Crippen LogP contribution >= 0.6 is 0 Å². The van der Waals surface area contributed by atoms with E-state index in [1.165, 1.54) is 19.2 Å². The smallest absolute Gasteiger partial charge is 0.337 e. The monoisotopic (exact) mass is 389 g/mol. The van der Waals surface area contributed by atoms with Crippen LogP contribution in [0.1, 0.15) is 10.4 Å². The molecule has 2 aromatic carbocycles. The number of nitrogens with one attached hydrogen (secondary N) is 1. The van der Waals surface area contributed by atoms with E-state index in [1.54, 1.807) is 6.20 Å². The number of ether oxygens (including phenoxy) is 1. The number of fused-ring (bicyclic) bond motifs is 1. The molecule has 4 rings (SSSR count). The highest BCUT2D eigenvalue weighted by Crippen LogP contribution is 2.33. The molecule has 0 bridgehead atoms. The predicted molar refractivity (Wildman–Crippen MR) is 112 cm³/mol. The summed E-state index contributed by atoms with van der Waals surface area (Å²) in [7, 11) is 3.44. The summed E-state index contributed by atoms with van der Waals surface area (Å²) in [5.74, 6) is -0.450. The van der Waals surface area contributed by atoms with Crippen LogP contribution in [0.15, 0.2) is 54.9 Å². The number of aromatic carboxylic acids is 1. The number of carboxylic acid groups (broad SMARTS) is 1. The van der Waals surface area contributed by atoms with Crippen molar-refractivity contribution in [3.05, 3.63) is 60.4 Å². The number of anilines is 3. The summed E-state index contributed by atoms with van der Waals surface area (Å²) in [6, 6.07) is 12.8.